The molecule has 0 saturated carbocycles. The second kappa shape index (κ2) is 8.50. The number of hydrogen-bond acceptors (Lipinski definition) is 4. The largest absolute Gasteiger partial charge is 0.249 e. The first kappa shape index (κ1) is 12.2. The van der Waals surface area contributed by atoms with E-state index in [1.165, 1.54) is 6.92 Å². The molecule has 60 valence electrons. The fourth-order valence-electron chi connectivity index (χ4n) is 0.181. The molecule has 1 N–H and O–H groups in total. The van der Waals surface area contributed by atoms with Crippen molar-refractivity contribution in [1.29, 1.82) is 0 Å². The van der Waals surface area contributed by atoms with E-state index >= 15 is 0 Å². The SMILES string of the molecule is CCOOC(C)OO.[Pd]. The maximum atomic E-state index is 7.86. The molecule has 0 saturated heterocycles. The zero-order valence-electron chi connectivity index (χ0n) is 5.27. The fourth-order valence-corrected chi connectivity index (χ4v) is 0.181. The van der Waals surface area contributed by atoms with E-state index in [-0.39, 0.29) is 20.4 Å². The number of hydrogen-bond donors (Lipinski definition) is 1. The van der Waals surface area contributed by atoms with Gasteiger partial charge in [0.2, 0.25) is 6.29 Å². The first-order valence-corrected chi connectivity index (χ1v) is 2.39. The molecule has 0 bridgehead atoms. The Morgan fingerprint density at radius 2 is 2.11 bits per heavy atom. The Hall–Kier alpha value is 0.502. The Morgan fingerprint density at radius 1 is 1.56 bits per heavy atom. The van der Waals surface area contributed by atoms with E-state index in [2.05, 4.69) is 14.7 Å². The first-order valence-electron chi connectivity index (χ1n) is 2.39. The summed E-state index contributed by atoms with van der Waals surface area (Å²) < 4.78 is 0. The van der Waals surface area contributed by atoms with Crippen molar-refractivity contribution in [1.82, 2.24) is 0 Å². The summed E-state index contributed by atoms with van der Waals surface area (Å²) in [4.78, 5) is 12.5. The van der Waals surface area contributed by atoms with E-state index in [0.29, 0.717) is 6.61 Å². The third-order valence-corrected chi connectivity index (χ3v) is 0.470. The van der Waals surface area contributed by atoms with Crippen LogP contribution in [0.1, 0.15) is 13.8 Å². The maximum absolute atomic E-state index is 7.86. The van der Waals surface area contributed by atoms with Gasteiger partial charge in [-0.1, -0.05) is 0 Å². The summed E-state index contributed by atoms with van der Waals surface area (Å²) in [7, 11) is 0. The average molecular weight is 229 g/mol. The van der Waals surface area contributed by atoms with Crippen molar-refractivity contribution < 1.29 is 40.3 Å². The normalized spacial score (nSPS) is 12.3. The molecule has 0 aliphatic heterocycles. The smallest absolute Gasteiger partial charge is 0.221 e. The molecular weight excluding hydrogens is 218 g/mol. The summed E-state index contributed by atoms with van der Waals surface area (Å²) in [5, 5.41) is 7.86. The second-order valence-electron chi connectivity index (χ2n) is 1.18. The predicted molar refractivity (Wildman–Crippen MR) is 25.9 cm³/mol. The molecule has 0 amide bonds. The van der Waals surface area contributed by atoms with Crippen LogP contribution in [0, 0.1) is 0 Å². The molecule has 0 heterocycles. The Labute approximate surface area is 67.6 Å². The minimum absolute atomic E-state index is 0. The standard InChI is InChI=1S/C4H10O4.Pd/c1-3-6-8-4(2)7-5;/h4-5H,3H2,1-2H3;. The second-order valence-corrected chi connectivity index (χ2v) is 1.18. The van der Waals surface area contributed by atoms with Gasteiger partial charge in [0.15, 0.2) is 0 Å². The van der Waals surface area contributed by atoms with Crippen LogP contribution in [0.5, 0.6) is 0 Å². The van der Waals surface area contributed by atoms with Crippen LogP contribution < -0.4 is 0 Å². The topological polar surface area (TPSA) is 47.9 Å². The van der Waals surface area contributed by atoms with Gasteiger partial charge in [0.1, 0.15) is 0 Å². The fraction of sp³-hybridized carbons (Fsp3) is 1.00. The minimum atomic E-state index is -0.713. The molecule has 0 aliphatic carbocycles. The van der Waals surface area contributed by atoms with E-state index in [4.69, 9.17) is 5.26 Å². The van der Waals surface area contributed by atoms with Crippen molar-refractivity contribution >= 4 is 0 Å². The van der Waals surface area contributed by atoms with Crippen LogP contribution in [-0.4, -0.2) is 18.2 Å². The van der Waals surface area contributed by atoms with Gasteiger partial charge in [-0.25, -0.2) is 19.9 Å². The Morgan fingerprint density at radius 3 is 2.44 bits per heavy atom. The first-order chi connectivity index (χ1) is 3.81. The van der Waals surface area contributed by atoms with E-state index in [1.807, 2.05) is 0 Å². The van der Waals surface area contributed by atoms with E-state index in [1.54, 1.807) is 6.92 Å². The summed E-state index contributed by atoms with van der Waals surface area (Å²) in [6.07, 6.45) is -0.713. The molecule has 0 rings (SSSR count). The molecular formula is C4H10O4Pd. The Balaban J connectivity index is 0. The quantitative estimate of drug-likeness (QED) is 0.334. The van der Waals surface area contributed by atoms with Crippen LogP contribution >= 0.6 is 0 Å². The zero-order valence-corrected chi connectivity index (χ0v) is 6.83. The molecule has 0 aromatic heterocycles. The number of rotatable bonds is 4. The summed E-state index contributed by atoms with van der Waals surface area (Å²) in [5.74, 6) is 0. The molecule has 0 aliphatic rings. The minimum Gasteiger partial charge on any atom is -0.249 e. The van der Waals surface area contributed by atoms with Gasteiger partial charge in [0.05, 0.1) is 6.61 Å². The van der Waals surface area contributed by atoms with Crippen molar-refractivity contribution in [3.8, 4) is 0 Å². The van der Waals surface area contributed by atoms with Gasteiger partial charge in [-0.2, -0.15) is 0 Å². The van der Waals surface area contributed by atoms with Gasteiger partial charge in [-0.15, -0.1) is 0 Å². The molecule has 0 spiro atoms. The summed E-state index contributed by atoms with van der Waals surface area (Å²) in [6.45, 7) is 3.72. The molecule has 0 radical (unpaired) electrons. The van der Waals surface area contributed by atoms with E-state index in [9.17, 15) is 0 Å². The molecule has 4 nitrogen and oxygen atoms in total. The van der Waals surface area contributed by atoms with Crippen LogP contribution in [-0.2, 0) is 35.1 Å². The predicted octanol–water partition coefficient (Wildman–Crippen LogP) is 0.788. The van der Waals surface area contributed by atoms with E-state index < -0.39 is 6.29 Å². The summed E-state index contributed by atoms with van der Waals surface area (Å²) >= 11 is 0. The Kier molecular flexibility index (Phi) is 11.5. The van der Waals surface area contributed by atoms with Crippen LogP contribution in [0.25, 0.3) is 0 Å². The molecule has 1 atom stereocenters. The molecule has 0 aromatic rings. The van der Waals surface area contributed by atoms with Crippen molar-refractivity contribution in [3.05, 3.63) is 0 Å². The van der Waals surface area contributed by atoms with Crippen molar-refractivity contribution in [3.63, 3.8) is 0 Å². The van der Waals surface area contributed by atoms with Gasteiger partial charge in [-0.05, 0) is 13.8 Å². The van der Waals surface area contributed by atoms with Crippen molar-refractivity contribution in [2.45, 2.75) is 20.1 Å². The van der Waals surface area contributed by atoms with Crippen LogP contribution in [0.15, 0.2) is 0 Å². The van der Waals surface area contributed by atoms with Crippen LogP contribution in [0.4, 0.5) is 0 Å². The van der Waals surface area contributed by atoms with Gasteiger partial charge in [-0.3, -0.25) is 0 Å². The van der Waals surface area contributed by atoms with Crippen molar-refractivity contribution in [2.75, 3.05) is 6.61 Å². The van der Waals surface area contributed by atoms with Gasteiger partial charge in [0, 0.05) is 20.4 Å². The third-order valence-electron chi connectivity index (χ3n) is 0.470. The van der Waals surface area contributed by atoms with Crippen LogP contribution in [0.2, 0.25) is 0 Å². The van der Waals surface area contributed by atoms with Crippen LogP contribution in [0.3, 0.4) is 0 Å². The molecule has 5 heteroatoms. The molecule has 0 aromatic carbocycles. The van der Waals surface area contributed by atoms with Gasteiger partial charge in [0.25, 0.3) is 0 Å². The third kappa shape index (κ3) is 8.50. The Bertz CT molecular complexity index is 51.8. The monoisotopic (exact) mass is 228 g/mol. The zero-order chi connectivity index (χ0) is 6.41. The average Bonchev–Trinajstić information content (AvgIpc) is 1.83. The van der Waals surface area contributed by atoms with Crippen molar-refractivity contribution in [2.24, 2.45) is 0 Å². The molecule has 9 heavy (non-hydrogen) atoms. The van der Waals surface area contributed by atoms with Gasteiger partial charge < -0.3 is 0 Å². The van der Waals surface area contributed by atoms with E-state index in [0.717, 1.165) is 0 Å². The van der Waals surface area contributed by atoms with Gasteiger partial charge >= 0.3 is 0 Å². The maximum Gasteiger partial charge on any atom is 0.221 e. The summed E-state index contributed by atoms with van der Waals surface area (Å²) in [6, 6.07) is 0. The molecule has 0 fully saturated rings. The molecule has 1 unspecified atom stereocenters. The summed E-state index contributed by atoms with van der Waals surface area (Å²) in [5.41, 5.74) is 0.